The first-order valence-electron chi connectivity index (χ1n) is 6.50. The molecule has 0 rings (SSSR count). The molecule has 1 heteroatoms. The molecule has 0 bridgehead atoms. The summed E-state index contributed by atoms with van der Waals surface area (Å²) >= 11 is 0. The Morgan fingerprint density at radius 1 is 0.941 bits per heavy atom. The topological polar surface area (TPSA) is 9.23 Å². The fourth-order valence-electron chi connectivity index (χ4n) is 1.90. The van der Waals surface area contributed by atoms with E-state index in [0.717, 1.165) is 12.8 Å². The lowest BCUT2D eigenvalue weighted by Gasteiger charge is -2.26. The zero-order valence-corrected chi connectivity index (χ0v) is 12.6. The minimum atomic E-state index is 0.343. The van der Waals surface area contributed by atoms with E-state index in [4.69, 9.17) is 4.74 Å². The Kier molecular flexibility index (Phi) is 6.77. The van der Waals surface area contributed by atoms with E-state index < -0.39 is 0 Å². The molecule has 0 fully saturated rings. The monoisotopic (exact) mass is 238 g/mol. The molecule has 17 heavy (non-hydrogen) atoms. The van der Waals surface area contributed by atoms with Crippen LogP contribution in [-0.4, -0.2) is 13.2 Å². The van der Waals surface area contributed by atoms with Crippen molar-refractivity contribution in [3.8, 4) is 0 Å². The number of hydrogen-bond acceptors (Lipinski definition) is 1. The van der Waals surface area contributed by atoms with Crippen LogP contribution in [0.4, 0.5) is 0 Å². The summed E-state index contributed by atoms with van der Waals surface area (Å²) in [4.78, 5) is 0. The first kappa shape index (κ1) is 16.4. The second-order valence-electron chi connectivity index (χ2n) is 7.16. The normalized spacial score (nSPS) is 12.4. The Morgan fingerprint density at radius 2 is 1.41 bits per heavy atom. The van der Waals surface area contributed by atoms with Crippen molar-refractivity contribution in [3.05, 3.63) is 24.3 Å². The number of hydrogen-bond donors (Lipinski definition) is 0. The van der Waals surface area contributed by atoms with Crippen molar-refractivity contribution in [2.24, 2.45) is 10.8 Å². The Hall–Kier alpha value is -0.560. The van der Waals surface area contributed by atoms with Gasteiger partial charge < -0.3 is 4.74 Å². The molecular formula is C16H30O. The van der Waals surface area contributed by atoms with Gasteiger partial charge in [-0.05, 0) is 23.7 Å². The van der Waals surface area contributed by atoms with Gasteiger partial charge in [0.2, 0.25) is 0 Å². The lowest BCUT2D eigenvalue weighted by Crippen LogP contribution is -2.13. The Bertz CT molecular complexity index is 230. The molecule has 0 heterocycles. The standard InChI is InChI=1S/C16H30O/c1-8-10-17-11-9-14(12-15(2,3)4)13-16(5,6)7/h8-9H,1,10-13H2,2-7H3. The molecule has 0 aliphatic carbocycles. The summed E-state index contributed by atoms with van der Waals surface area (Å²) in [6.45, 7) is 18.7. The summed E-state index contributed by atoms with van der Waals surface area (Å²) in [5.74, 6) is 0. The van der Waals surface area contributed by atoms with Crippen molar-refractivity contribution in [2.75, 3.05) is 13.2 Å². The fraction of sp³-hybridized carbons (Fsp3) is 0.750. The highest BCUT2D eigenvalue weighted by molar-refractivity contribution is 5.07. The van der Waals surface area contributed by atoms with Crippen LogP contribution < -0.4 is 0 Å². The van der Waals surface area contributed by atoms with E-state index in [-0.39, 0.29) is 0 Å². The summed E-state index contributed by atoms with van der Waals surface area (Å²) < 4.78 is 5.45. The maximum absolute atomic E-state index is 5.45. The number of ether oxygens (including phenoxy) is 1. The van der Waals surface area contributed by atoms with Crippen molar-refractivity contribution >= 4 is 0 Å². The molecule has 0 spiro atoms. The van der Waals surface area contributed by atoms with Gasteiger partial charge in [-0.2, -0.15) is 0 Å². The molecule has 0 aromatic rings. The third kappa shape index (κ3) is 11.7. The number of rotatable bonds is 6. The molecule has 0 unspecified atom stereocenters. The molecule has 0 aromatic carbocycles. The van der Waals surface area contributed by atoms with Gasteiger partial charge in [0.25, 0.3) is 0 Å². The highest BCUT2D eigenvalue weighted by Crippen LogP contribution is 2.32. The smallest absolute Gasteiger partial charge is 0.0654 e. The quantitative estimate of drug-likeness (QED) is 0.468. The van der Waals surface area contributed by atoms with Gasteiger partial charge in [0.1, 0.15) is 0 Å². The zero-order valence-electron chi connectivity index (χ0n) is 12.6. The Balaban J connectivity index is 4.44. The van der Waals surface area contributed by atoms with Crippen LogP contribution >= 0.6 is 0 Å². The molecule has 0 aliphatic heterocycles. The molecule has 1 nitrogen and oxygen atoms in total. The van der Waals surface area contributed by atoms with Crippen LogP contribution in [0.5, 0.6) is 0 Å². The van der Waals surface area contributed by atoms with Crippen LogP contribution in [0.25, 0.3) is 0 Å². The average Bonchev–Trinajstić information content (AvgIpc) is 2.06. The molecule has 0 aromatic heterocycles. The maximum Gasteiger partial charge on any atom is 0.0654 e. The molecule has 0 N–H and O–H groups in total. The molecule has 0 atom stereocenters. The largest absolute Gasteiger partial charge is 0.373 e. The minimum absolute atomic E-state index is 0.343. The van der Waals surface area contributed by atoms with E-state index in [9.17, 15) is 0 Å². The molecule has 0 saturated heterocycles. The third-order valence-corrected chi connectivity index (χ3v) is 2.24. The van der Waals surface area contributed by atoms with Crippen LogP contribution in [0.3, 0.4) is 0 Å². The number of allylic oxidation sites excluding steroid dienone is 1. The second-order valence-corrected chi connectivity index (χ2v) is 7.16. The van der Waals surface area contributed by atoms with Crippen LogP contribution in [0, 0.1) is 10.8 Å². The Morgan fingerprint density at radius 3 is 1.76 bits per heavy atom. The van der Waals surface area contributed by atoms with Gasteiger partial charge in [-0.15, -0.1) is 6.58 Å². The average molecular weight is 238 g/mol. The van der Waals surface area contributed by atoms with Crippen LogP contribution in [-0.2, 0) is 4.74 Å². The van der Waals surface area contributed by atoms with Gasteiger partial charge in [0.05, 0.1) is 13.2 Å². The van der Waals surface area contributed by atoms with Crippen molar-refractivity contribution in [1.29, 1.82) is 0 Å². The predicted molar refractivity (Wildman–Crippen MR) is 77.2 cm³/mol. The van der Waals surface area contributed by atoms with Gasteiger partial charge >= 0.3 is 0 Å². The zero-order chi connectivity index (χ0) is 13.5. The fourth-order valence-corrected chi connectivity index (χ4v) is 1.90. The van der Waals surface area contributed by atoms with E-state index in [1.54, 1.807) is 6.08 Å². The highest BCUT2D eigenvalue weighted by Gasteiger charge is 2.18. The maximum atomic E-state index is 5.45. The van der Waals surface area contributed by atoms with E-state index in [2.05, 4.69) is 54.2 Å². The van der Waals surface area contributed by atoms with Gasteiger partial charge in [-0.25, -0.2) is 0 Å². The van der Waals surface area contributed by atoms with E-state index in [1.807, 2.05) is 0 Å². The molecule has 0 saturated carbocycles. The van der Waals surface area contributed by atoms with Crippen LogP contribution in [0.2, 0.25) is 0 Å². The molecule has 0 amide bonds. The molecule has 0 aliphatic rings. The third-order valence-electron chi connectivity index (χ3n) is 2.24. The van der Waals surface area contributed by atoms with Crippen LogP contribution in [0.15, 0.2) is 24.3 Å². The first-order valence-corrected chi connectivity index (χ1v) is 6.50. The first-order chi connectivity index (χ1) is 7.64. The van der Waals surface area contributed by atoms with Crippen molar-refractivity contribution in [2.45, 2.75) is 54.4 Å². The summed E-state index contributed by atoms with van der Waals surface area (Å²) in [5, 5.41) is 0. The summed E-state index contributed by atoms with van der Waals surface area (Å²) in [6.07, 6.45) is 6.32. The molecular weight excluding hydrogens is 208 g/mol. The Labute approximate surface area is 108 Å². The van der Waals surface area contributed by atoms with Crippen molar-refractivity contribution in [1.82, 2.24) is 0 Å². The van der Waals surface area contributed by atoms with E-state index in [1.165, 1.54) is 5.57 Å². The van der Waals surface area contributed by atoms with Crippen molar-refractivity contribution < 1.29 is 4.74 Å². The van der Waals surface area contributed by atoms with E-state index in [0.29, 0.717) is 24.0 Å². The van der Waals surface area contributed by atoms with Gasteiger partial charge in [0.15, 0.2) is 0 Å². The highest BCUT2D eigenvalue weighted by atomic mass is 16.5. The summed E-state index contributed by atoms with van der Waals surface area (Å²) in [7, 11) is 0. The van der Waals surface area contributed by atoms with Gasteiger partial charge in [-0.1, -0.05) is 59.3 Å². The summed E-state index contributed by atoms with van der Waals surface area (Å²) in [6, 6.07) is 0. The van der Waals surface area contributed by atoms with E-state index >= 15 is 0 Å². The molecule has 0 radical (unpaired) electrons. The predicted octanol–water partition coefficient (Wildman–Crippen LogP) is 4.99. The van der Waals surface area contributed by atoms with Crippen molar-refractivity contribution in [3.63, 3.8) is 0 Å². The molecule has 100 valence electrons. The lowest BCUT2D eigenvalue weighted by atomic mass is 9.80. The SMILES string of the molecule is C=CCOCC=C(CC(C)(C)C)CC(C)(C)C. The van der Waals surface area contributed by atoms with Gasteiger partial charge in [0, 0.05) is 0 Å². The summed E-state index contributed by atoms with van der Waals surface area (Å²) in [5.41, 5.74) is 2.19. The van der Waals surface area contributed by atoms with Crippen LogP contribution in [0.1, 0.15) is 54.4 Å². The minimum Gasteiger partial charge on any atom is -0.373 e. The second kappa shape index (κ2) is 7.00. The van der Waals surface area contributed by atoms with Gasteiger partial charge in [-0.3, -0.25) is 0 Å². The lowest BCUT2D eigenvalue weighted by molar-refractivity contribution is 0.192.